The molecular formula is C12H19ClO2. The van der Waals surface area contributed by atoms with Crippen LogP contribution in [-0.2, 0) is 9.53 Å². The lowest BCUT2D eigenvalue weighted by Crippen LogP contribution is -2.57. The van der Waals surface area contributed by atoms with Gasteiger partial charge in [-0.25, -0.2) is 0 Å². The van der Waals surface area contributed by atoms with Crippen LogP contribution in [0, 0.1) is 23.2 Å². The molecule has 2 bridgehead atoms. The predicted octanol–water partition coefficient (Wildman–Crippen LogP) is 2.84. The van der Waals surface area contributed by atoms with Gasteiger partial charge in [-0.3, -0.25) is 4.79 Å². The van der Waals surface area contributed by atoms with E-state index >= 15 is 0 Å². The molecule has 0 unspecified atom stereocenters. The van der Waals surface area contributed by atoms with Crippen LogP contribution in [-0.4, -0.2) is 18.0 Å². The van der Waals surface area contributed by atoms with Crippen LogP contribution in [0.1, 0.15) is 33.6 Å². The van der Waals surface area contributed by atoms with Gasteiger partial charge >= 0.3 is 5.97 Å². The summed E-state index contributed by atoms with van der Waals surface area (Å²) < 4.78 is 5.38. The van der Waals surface area contributed by atoms with E-state index in [1.807, 2.05) is 0 Å². The van der Waals surface area contributed by atoms with Crippen molar-refractivity contribution in [3.8, 4) is 0 Å². The van der Waals surface area contributed by atoms with Gasteiger partial charge in [0.1, 0.15) is 12.0 Å². The summed E-state index contributed by atoms with van der Waals surface area (Å²) in [5, 5.41) is 0. The average Bonchev–Trinajstić information content (AvgIpc) is 2.19. The van der Waals surface area contributed by atoms with Crippen molar-refractivity contribution < 1.29 is 9.53 Å². The van der Waals surface area contributed by atoms with Crippen molar-refractivity contribution in [3.05, 3.63) is 0 Å². The van der Waals surface area contributed by atoms with E-state index in [1.165, 1.54) is 6.42 Å². The van der Waals surface area contributed by atoms with Crippen molar-refractivity contribution in [3.63, 3.8) is 0 Å². The van der Waals surface area contributed by atoms with Gasteiger partial charge in [0.25, 0.3) is 0 Å². The summed E-state index contributed by atoms with van der Waals surface area (Å²) in [6, 6.07) is 0. The fourth-order valence-electron chi connectivity index (χ4n) is 3.46. The number of alkyl halides is 1. The summed E-state index contributed by atoms with van der Waals surface area (Å²) in [6.45, 7) is 6.87. The molecule has 4 atom stereocenters. The van der Waals surface area contributed by atoms with E-state index in [-0.39, 0.29) is 18.0 Å². The molecule has 0 heterocycles. The van der Waals surface area contributed by atoms with Crippen LogP contribution in [0.4, 0.5) is 0 Å². The Morgan fingerprint density at radius 2 is 2.13 bits per heavy atom. The number of hydrogen-bond acceptors (Lipinski definition) is 2. The minimum absolute atomic E-state index is 0.0258. The molecule has 0 aromatic rings. The number of rotatable bonds is 2. The first-order valence-electron chi connectivity index (χ1n) is 5.72. The van der Waals surface area contributed by atoms with E-state index in [4.69, 9.17) is 16.3 Å². The second-order valence-corrected chi connectivity index (χ2v) is 5.88. The molecule has 0 aliphatic heterocycles. The van der Waals surface area contributed by atoms with Crippen LogP contribution < -0.4 is 0 Å². The molecule has 15 heavy (non-hydrogen) atoms. The molecule has 3 aliphatic carbocycles. The zero-order chi connectivity index (χ0) is 11.2. The fraction of sp³-hybridized carbons (Fsp3) is 0.917. The lowest BCUT2D eigenvalue weighted by Gasteiger charge is -2.61. The Balaban J connectivity index is 1.99. The predicted molar refractivity (Wildman–Crippen MR) is 59.8 cm³/mol. The fourth-order valence-corrected chi connectivity index (χ4v) is 3.52. The highest BCUT2D eigenvalue weighted by atomic mass is 35.5. The molecule has 0 radical (unpaired) electrons. The van der Waals surface area contributed by atoms with Crippen molar-refractivity contribution >= 4 is 17.6 Å². The maximum absolute atomic E-state index is 11.2. The summed E-state index contributed by atoms with van der Waals surface area (Å²) >= 11 is 5.45. The van der Waals surface area contributed by atoms with Crippen LogP contribution in [0.3, 0.4) is 0 Å². The molecule has 0 spiro atoms. The molecule has 0 saturated heterocycles. The number of hydrogen-bond donors (Lipinski definition) is 0. The van der Waals surface area contributed by atoms with Crippen molar-refractivity contribution in [2.24, 2.45) is 23.2 Å². The number of carbonyl (C=O) groups excluding carboxylic acids is 1. The number of halogens is 1. The van der Waals surface area contributed by atoms with Crippen molar-refractivity contribution in [2.75, 3.05) is 5.88 Å². The smallest absolute Gasteiger partial charge is 0.321 e. The Labute approximate surface area is 96.3 Å². The summed E-state index contributed by atoms with van der Waals surface area (Å²) in [4.78, 5) is 11.2. The molecule has 0 aromatic carbocycles. The van der Waals surface area contributed by atoms with Gasteiger partial charge in [0, 0.05) is 0 Å². The van der Waals surface area contributed by atoms with Gasteiger partial charge in [0.2, 0.25) is 0 Å². The molecule has 3 fully saturated rings. The van der Waals surface area contributed by atoms with Crippen LogP contribution in [0.25, 0.3) is 0 Å². The Kier molecular flexibility index (Phi) is 2.74. The minimum Gasteiger partial charge on any atom is -0.461 e. The Hall–Kier alpha value is -0.240. The maximum Gasteiger partial charge on any atom is 0.321 e. The van der Waals surface area contributed by atoms with Crippen molar-refractivity contribution in [1.82, 2.24) is 0 Å². The molecule has 3 aliphatic rings. The van der Waals surface area contributed by atoms with Gasteiger partial charge < -0.3 is 4.74 Å². The van der Waals surface area contributed by atoms with Crippen LogP contribution in [0.5, 0.6) is 0 Å². The third kappa shape index (κ3) is 1.67. The monoisotopic (exact) mass is 230 g/mol. The number of esters is 1. The maximum atomic E-state index is 11.2. The highest BCUT2D eigenvalue weighted by Crippen LogP contribution is 2.61. The molecule has 2 nitrogen and oxygen atoms in total. The molecule has 0 N–H and O–H groups in total. The van der Waals surface area contributed by atoms with E-state index in [2.05, 4.69) is 20.8 Å². The quantitative estimate of drug-likeness (QED) is 0.539. The first-order chi connectivity index (χ1) is 6.96. The first kappa shape index (κ1) is 11.3. The molecule has 0 aromatic heterocycles. The lowest BCUT2D eigenvalue weighted by atomic mass is 9.45. The van der Waals surface area contributed by atoms with Crippen LogP contribution >= 0.6 is 11.6 Å². The number of carbonyl (C=O) groups is 1. The molecule has 3 saturated carbocycles. The van der Waals surface area contributed by atoms with Gasteiger partial charge in [-0.05, 0) is 36.0 Å². The third-order valence-electron chi connectivity index (χ3n) is 4.68. The Morgan fingerprint density at radius 3 is 2.60 bits per heavy atom. The van der Waals surface area contributed by atoms with E-state index in [0.29, 0.717) is 17.3 Å². The molecular weight excluding hydrogens is 212 g/mol. The largest absolute Gasteiger partial charge is 0.461 e. The zero-order valence-corrected chi connectivity index (χ0v) is 10.4. The Morgan fingerprint density at radius 1 is 1.47 bits per heavy atom. The molecule has 3 heteroatoms. The van der Waals surface area contributed by atoms with E-state index < -0.39 is 0 Å². The van der Waals surface area contributed by atoms with Gasteiger partial charge in [-0.1, -0.05) is 20.8 Å². The molecule has 86 valence electrons. The average molecular weight is 231 g/mol. The summed E-state index contributed by atoms with van der Waals surface area (Å²) in [5.41, 5.74) is 0.448. The lowest BCUT2D eigenvalue weighted by molar-refractivity contribution is -0.183. The minimum atomic E-state index is -0.271. The van der Waals surface area contributed by atoms with Crippen LogP contribution in [0.15, 0.2) is 0 Å². The normalized spacial score (nSPS) is 41.9. The van der Waals surface area contributed by atoms with Gasteiger partial charge in [0.05, 0.1) is 0 Å². The van der Waals surface area contributed by atoms with E-state index in [1.54, 1.807) is 0 Å². The topological polar surface area (TPSA) is 26.3 Å². The van der Waals surface area contributed by atoms with Crippen molar-refractivity contribution in [2.45, 2.75) is 39.7 Å². The number of ether oxygens (including phenoxy) is 1. The third-order valence-corrected chi connectivity index (χ3v) is 4.89. The second-order valence-electron chi connectivity index (χ2n) is 5.62. The standard InChI is InChI=1S/C12H19ClO2/c1-7-9-4-8(12(9,2)3)5-10(7)15-11(14)6-13/h7-10H,4-6H2,1-3H3/t7-,8+,9-,10-/m1/s1. The van der Waals surface area contributed by atoms with Gasteiger partial charge in [-0.15, -0.1) is 11.6 Å². The summed E-state index contributed by atoms with van der Waals surface area (Å²) in [6.07, 6.45) is 2.43. The summed E-state index contributed by atoms with van der Waals surface area (Å²) in [5.74, 6) is 1.63. The summed E-state index contributed by atoms with van der Waals surface area (Å²) in [7, 11) is 0. The van der Waals surface area contributed by atoms with E-state index in [9.17, 15) is 4.79 Å². The Bertz CT molecular complexity index is 275. The zero-order valence-electron chi connectivity index (χ0n) is 9.63. The van der Waals surface area contributed by atoms with Crippen molar-refractivity contribution in [1.29, 1.82) is 0 Å². The van der Waals surface area contributed by atoms with Gasteiger partial charge in [0.15, 0.2) is 0 Å². The van der Waals surface area contributed by atoms with Gasteiger partial charge in [-0.2, -0.15) is 0 Å². The first-order valence-corrected chi connectivity index (χ1v) is 6.25. The number of fused-ring (bicyclic) bond motifs is 2. The SMILES string of the molecule is C[C@@H]1[C@H]2C[C@@H](C[C@H]1OC(=O)CCl)C2(C)C. The highest BCUT2D eigenvalue weighted by Gasteiger charge is 2.57. The van der Waals surface area contributed by atoms with Crippen LogP contribution in [0.2, 0.25) is 0 Å². The molecule has 0 amide bonds. The second kappa shape index (κ2) is 3.65. The highest BCUT2D eigenvalue weighted by molar-refractivity contribution is 6.26. The molecule has 3 rings (SSSR count). The van der Waals surface area contributed by atoms with E-state index in [0.717, 1.165) is 12.3 Å².